The summed E-state index contributed by atoms with van der Waals surface area (Å²) in [7, 11) is 3.96. The number of amides is 1. The van der Waals surface area contributed by atoms with Crippen LogP contribution >= 0.6 is 0 Å². The molecule has 5 nitrogen and oxygen atoms in total. The molecule has 1 aromatic rings. The molecule has 0 unspecified atom stereocenters. The molecule has 1 aromatic carbocycles. The molecule has 5 heteroatoms. The molecule has 0 aliphatic rings. The van der Waals surface area contributed by atoms with Gasteiger partial charge in [-0.25, -0.2) is 4.79 Å². The summed E-state index contributed by atoms with van der Waals surface area (Å²) in [6.07, 6.45) is 2.13. The Hall–Kier alpha value is -1.88. The maximum atomic E-state index is 12.1. The predicted octanol–water partition coefficient (Wildman–Crippen LogP) is 2.12. The van der Waals surface area contributed by atoms with Crippen LogP contribution < -0.4 is 5.32 Å². The summed E-state index contributed by atoms with van der Waals surface area (Å²) in [4.78, 5) is 25.2. The zero-order valence-electron chi connectivity index (χ0n) is 12.9. The van der Waals surface area contributed by atoms with Crippen molar-refractivity contribution >= 4 is 11.9 Å². The molecule has 21 heavy (non-hydrogen) atoms. The number of carboxylic acid groups (broad SMARTS) is 1. The largest absolute Gasteiger partial charge is 0.480 e. The first-order chi connectivity index (χ1) is 9.93. The highest BCUT2D eigenvalue weighted by atomic mass is 16.4. The van der Waals surface area contributed by atoms with Gasteiger partial charge in [0.1, 0.15) is 6.04 Å². The first-order valence-electron chi connectivity index (χ1n) is 7.21. The van der Waals surface area contributed by atoms with Gasteiger partial charge in [0.2, 0.25) is 0 Å². The zero-order valence-corrected chi connectivity index (χ0v) is 12.9. The third-order valence-corrected chi connectivity index (χ3v) is 3.16. The van der Waals surface area contributed by atoms with E-state index >= 15 is 0 Å². The van der Waals surface area contributed by atoms with Gasteiger partial charge in [0.15, 0.2) is 0 Å². The Balaban J connectivity index is 2.67. The summed E-state index contributed by atoms with van der Waals surface area (Å²) in [6.45, 7) is 2.79. The number of nitrogens with zero attached hydrogens (tertiary/aromatic N) is 1. The fourth-order valence-electron chi connectivity index (χ4n) is 2.03. The smallest absolute Gasteiger partial charge is 0.326 e. The van der Waals surface area contributed by atoms with Gasteiger partial charge in [-0.1, -0.05) is 31.9 Å². The molecule has 0 aliphatic heterocycles. The van der Waals surface area contributed by atoms with Gasteiger partial charge in [-0.3, -0.25) is 4.79 Å². The summed E-state index contributed by atoms with van der Waals surface area (Å²) in [6, 6.07) is 6.41. The quantitative estimate of drug-likeness (QED) is 0.770. The van der Waals surface area contributed by atoms with E-state index in [1.807, 2.05) is 38.1 Å². The van der Waals surface area contributed by atoms with E-state index in [2.05, 4.69) is 5.32 Å². The first kappa shape index (κ1) is 17.2. The molecule has 0 aromatic heterocycles. The van der Waals surface area contributed by atoms with Crippen LogP contribution in [0.4, 0.5) is 0 Å². The second-order valence-corrected chi connectivity index (χ2v) is 5.44. The van der Waals surface area contributed by atoms with Crippen molar-refractivity contribution in [1.29, 1.82) is 0 Å². The summed E-state index contributed by atoms with van der Waals surface area (Å²) >= 11 is 0. The normalized spacial score (nSPS) is 12.2. The minimum Gasteiger partial charge on any atom is -0.480 e. The highest BCUT2D eigenvalue weighted by molar-refractivity contribution is 5.96. The third kappa shape index (κ3) is 5.95. The van der Waals surface area contributed by atoms with Crippen LogP contribution in [0.1, 0.15) is 42.1 Å². The van der Waals surface area contributed by atoms with E-state index in [0.717, 1.165) is 24.9 Å². The van der Waals surface area contributed by atoms with Gasteiger partial charge in [0.25, 0.3) is 5.91 Å². The van der Waals surface area contributed by atoms with Crippen molar-refractivity contribution in [2.75, 3.05) is 14.1 Å². The average Bonchev–Trinajstić information content (AvgIpc) is 2.43. The third-order valence-electron chi connectivity index (χ3n) is 3.16. The van der Waals surface area contributed by atoms with Crippen LogP contribution in [0.3, 0.4) is 0 Å². The minimum atomic E-state index is -0.985. The van der Waals surface area contributed by atoms with E-state index in [0.29, 0.717) is 12.0 Å². The summed E-state index contributed by atoms with van der Waals surface area (Å²) in [5, 5.41) is 11.7. The van der Waals surface area contributed by atoms with Crippen LogP contribution in [0, 0.1) is 0 Å². The number of benzene rings is 1. The van der Waals surface area contributed by atoms with Gasteiger partial charge in [-0.2, -0.15) is 0 Å². The van der Waals surface area contributed by atoms with Gasteiger partial charge >= 0.3 is 5.97 Å². The number of unbranched alkanes of at least 4 members (excludes halogenated alkanes) is 1. The number of carbonyl (C=O) groups excluding carboxylic acids is 1. The van der Waals surface area contributed by atoms with E-state index in [1.54, 1.807) is 12.1 Å². The molecular weight excluding hydrogens is 268 g/mol. The summed E-state index contributed by atoms with van der Waals surface area (Å²) < 4.78 is 0. The average molecular weight is 292 g/mol. The van der Waals surface area contributed by atoms with Crippen LogP contribution in [0.15, 0.2) is 24.3 Å². The lowest BCUT2D eigenvalue weighted by atomic mass is 10.1. The van der Waals surface area contributed by atoms with Crippen molar-refractivity contribution in [3.05, 3.63) is 35.4 Å². The molecule has 0 fully saturated rings. The topological polar surface area (TPSA) is 69.6 Å². The first-order valence-corrected chi connectivity index (χ1v) is 7.21. The fourth-order valence-corrected chi connectivity index (χ4v) is 2.03. The molecule has 0 bridgehead atoms. The SMILES string of the molecule is CCCC[C@H](NC(=O)c1ccc(CN(C)C)cc1)C(=O)O. The van der Waals surface area contributed by atoms with E-state index in [-0.39, 0.29) is 5.91 Å². The van der Waals surface area contributed by atoms with Gasteiger partial charge in [0.05, 0.1) is 0 Å². The van der Waals surface area contributed by atoms with E-state index < -0.39 is 12.0 Å². The van der Waals surface area contributed by atoms with Crippen molar-refractivity contribution in [2.45, 2.75) is 38.8 Å². The molecule has 0 heterocycles. The van der Waals surface area contributed by atoms with Crippen LogP contribution in [-0.2, 0) is 11.3 Å². The molecule has 0 radical (unpaired) electrons. The van der Waals surface area contributed by atoms with Gasteiger partial charge in [-0.05, 0) is 38.2 Å². The van der Waals surface area contributed by atoms with E-state index in [1.165, 1.54) is 0 Å². The van der Waals surface area contributed by atoms with Gasteiger partial charge in [0, 0.05) is 12.1 Å². The maximum Gasteiger partial charge on any atom is 0.326 e. The van der Waals surface area contributed by atoms with Crippen LogP contribution in [0.2, 0.25) is 0 Å². The fraction of sp³-hybridized carbons (Fsp3) is 0.500. The Morgan fingerprint density at radius 1 is 1.24 bits per heavy atom. The highest BCUT2D eigenvalue weighted by Gasteiger charge is 2.19. The Morgan fingerprint density at radius 3 is 2.33 bits per heavy atom. The van der Waals surface area contributed by atoms with Crippen LogP contribution in [0.5, 0.6) is 0 Å². The molecule has 1 amide bonds. The molecule has 0 saturated carbocycles. The van der Waals surface area contributed by atoms with Gasteiger partial charge < -0.3 is 15.3 Å². The lowest BCUT2D eigenvalue weighted by molar-refractivity contribution is -0.139. The maximum absolute atomic E-state index is 12.1. The van der Waals surface area contributed by atoms with Crippen molar-refractivity contribution < 1.29 is 14.7 Å². The molecular formula is C16H24N2O3. The van der Waals surface area contributed by atoms with Gasteiger partial charge in [-0.15, -0.1) is 0 Å². The van der Waals surface area contributed by atoms with Crippen LogP contribution in [-0.4, -0.2) is 42.0 Å². The molecule has 2 N–H and O–H groups in total. The molecule has 0 saturated heterocycles. The van der Waals surface area contributed by atoms with Crippen molar-refractivity contribution in [3.8, 4) is 0 Å². The summed E-state index contributed by atoms with van der Waals surface area (Å²) in [5.74, 6) is -1.32. The van der Waals surface area contributed by atoms with Crippen molar-refractivity contribution in [1.82, 2.24) is 10.2 Å². The number of carboxylic acids is 1. The predicted molar refractivity (Wildman–Crippen MR) is 82.2 cm³/mol. The monoisotopic (exact) mass is 292 g/mol. The Morgan fingerprint density at radius 2 is 1.86 bits per heavy atom. The summed E-state index contributed by atoms with van der Waals surface area (Å²) in [5.41, 5.74) is 1.59. The number of rotatable bonds is 8. The molecule has 0 aliphatic carbocycles. The van der Waals surface area contributed by atoms with E-state index in [4.69, 9.17) is 5.11 Å². The second-order valence-electron chi connectivity index (χ2n) is 5.44. The Kier molecular flexibility index (Phi) is 6.88. The standard InChI is InChI=1S/C16H24N2O3/c1-4-5-6-14(16(20)21)17-15(19)13-9-7-12(8-10-13)11-18(2)3/h7-10,14H,4-6,11H2,1-3H3,(H,17,19)(H,20,21)/t14-/m0/s1. The van der Waals surface area contributed by atoms with E-state index in [9.17, 15) is 9.59 Å². The molecule has 1 atom stereocenters. The number of nitrogens with one attached hydrogen (secondary N) is 1. The highest BCUT2D eigenvalue weighted by Crippen LogP contribution is 2.08. The lowest BCUT2D eigenvalue weighted by Crippen LogP contribution is -2.40. The Labute approximate surface area is 126 Å². The second kappa shape index (κ2) is 8.42. The minimum absolute atomic E-state index is 0.338. The number of aliphatic carboxylic acids is 1. The lowest BCUT2D eigenvalue weighted by Gasteiger charge is -2.14. The van der Waals surface area contributed by atoms with Crippen molar-refractivity contribution in [2.24, 2.45) is 0 Å². The number of carbonyl (C=O) groups is 2. The zero-order chi connectivity index (χ0) is 15.8. The Bertz CT molecular complexity index is 469. The molecule has 116 valence electrons. The van der Waals surface area contributed by atoms with Crippen LogP contribution in [0.25, 0.3) is 0 Å². The molecule has 0 spiro atoms. The molecule has 1 rings (SSSR count). The number of hydrogen-bond acceptors (Lipinski definition) is 3. The number of hydrogen-bond donors (Lipinski definition) is 2. The van der Waals surface area contributed by atoms with Crippen molar-refractivity contribution in [3.63, 3.8) is 0 Å².